The number of piperidine rings is 1. The molecule has 0 bridgehead atoms. The highest BCUT2D eigenvalue weighted by molar-refractivity contribution is 5.75. The minimum absolute atomic E-state index is 0.130. The molecule has 3 fully saturated rings. The van der Waals surface area contributed by atoms with Gasteiger partial charge in [0.05, 0.1) is 5.69 Å². The van der Waals surface area contributed by atoms with E-state index in [1.165, 1.54) is 5.69 Å². The minimum Gasteiger partial charge on any atom is -0.372 e. The Balaban J connectivity index is 1.31. The molecule has 3 aliphatic heterocycles. The van der Waals surface area contributed by atoms with Gasteiger partial charge in [-0.25, -0.2) is 4.79 Å². The second-order valence-electron chi connectivity index (χ2n) is 7.53. The summed E-state index contributed by atoms with van der Waals surface area (Å²) in [5.74, 6) is 0.533. The van der Waals surface area contributed by atoms with Gasteiger partial charge in [-0.1, -0.05) is 0 Å². The van der Waals surface area contributed by atoms with Crippen molar-refractivity contribution in [2.24, 2.45) is 13.0 Å². The topological polar surface area (TPSA) is 62.6 Å². The molecule has 0 spiro atoms. The van der Waals surface area contributed by atoms with Crippen LogP contribution in [0.2, 0.25) is 0 Å². The number of urea groups is 1. The lowest BCUT2D eigenvalue weighted by atomic mass is 9.96. The molecule has 3 aliphatic rings. The van der Waals surface area contributed by atoms with E-state index in [1.54, 1.807) is 0 Å². The number of likely N-dealkylation sites (tertiary alicyclic amines) is 1. The SMILES string of the molecule is Cn1nccc1[C@@H]1OCC[C@H]1CN1CCC(N2CCCNC2=O)CC1. The highest BCUT2D eigenvalue weighted by atomic mass is 16.5. The summed E-state index contributed by atoms with van der Waals surface area (Å²) in [5, 5.41) is 7.27. The van der Waals surface area contributed by atoms with Crippen molar-refractivity contribution in [3.05, 3.63) is 18.0 Å². The summed E-state index contributed by atoms with van der Waals surface area (Å²) in [7, 11) is 1.99. The number of rotatable bonds is 4. The number of carbonyl (C=O) groups is 1. The average molecular weight is 347 g/mol. The zero-order chi connectivity index (χ0) is 17.2. The predicted molar refractivity (Wildman–Crippen MR) is 94.2 cm³/mol. The molecule has 1 aromatic rings. The summed E-state index contributed by atoms with van der Waals surface area (Å²) in [6, 6.07) is 2.61. The fraction of sp³-hybridized carbons (Fsp3) is 0.778. The molecule has 4 heterocycles. The van der Waals surface area contributed by atoms with Gasteiger partial charge in [-0.3, -0.25) is 4.68 Å². The van der Waals surface area contributed by atoms with E-state index in [0.29, 0.717) is 12.0 Å². The first-order chi connectivity index (χ1) is 12.2. The maximum absolute atomic E-state index is 12.0. The Bertz CT molecular complexity index is 596. The Morgan fingerprint density at radius 2 is 2.12 bits per heavy atom. The summed E-state index contributed by atoms with van der Waals surface area (Å²) < 4.78 is 7.95. The average Bonchev–Trinajstić information content (AvgIpc) is 3.24. The molecule has 2 atom stereocenters. The third-order valence-electron chi connectivity index (χ3n) is 5.97. The lowest BCUT2D eigenvalue weighted by Gasteiger charge is -2.41. The normalized spacial score (nSPS) is 29.2. The number of carbonyl (C=O) groups excluding carboxylic acids is 1. The first kappa shape index (κ1) is 16.8. The zero-order valence-electron chi connectivity index (χ0n) is 15.1. The van der Waals surface area contributed by atoms with Crippen molar-refractivity contribution in [3.8, 4) is 0 Å². The number of nitrogens with zero attached hydrogens (tertiary/aromatic N) is 4. The van der Waals surface area contributed by atoms with Gasteiger partial charge in [0.2, 0.25) is 0 Å². The van der Waals surface area contributed by atoms with Gasteiger partial charge in [0.1, 0.15) is 6.10 Å². The second-order valence-corrected chi connectivity index (χ2v) is 7.53. The van der Waals surface area contributed by atoms with Gasteiger partial charge in [-0.05, 0) is 31.7 Å². The quantitative estimate of drug-likeness (QED) is 0.894. The maximum atomic E-state index is 12.0. The van der Waals surface area contributed by atoms with Crippen LogP contribution in [0.15, 0.2) is 12.3 Å². The monoisotopic (exact) mass is 347 g/mol. The molecule has 0 radical (unpaired) electrons. The number of aromatic nitrogens is 2. The fourth-order valence-electron chi connectivity index (χ4n) is 4.55. The van der Waals surface area contributed by atoms with E-state index in [4.69, 9.17) is 4.74 Å². The maximum Gasteiger partial charge on any atom is 0.317 e. The highest BCUT2D eigenvalue weighted by Gasteiger charge is 2.35. The number of ether oxygens (including phenoxy) is 1. The van der Waals surface area contributed by atoms with Crippen LogP contribution in [0.5, 0.6) is 0 Å². The molecule has 1 N–H and O–H groups in total. The Labute approximate surface area is 149 Å². The van der Waals surface area contributed by atoms with E-state index in [-0.39, 0.29) is 12.1 Å². The van der Waals surface area contributed by atoms with Crippen LogP contribution in [0.25, 0.3) is 0 Å². The van der Waals surface area contributed by atoms with E-state index in [0.717, 1.165) is 65.0 Å². The Morgan fingerprint density at radius 1 is 1.28 bits per heavy atom. The molecule has 25 heavy (non-hydrogen) atoms. The van der Waals surface area contributed by atoms with Crippen LogP contribution in [0.4, 0.5) is 4.79 Å². The smallest absolute Gasteiger partial charge is 0.317 e. The van der Waals surface area contributed by atoms with Crippen molar-refractivity contribution in [1.29, 1.82) is 0 Å². The molecule has 0 saturated carbocycles. The van der Waals surface area contributed by atoms with Crippen LogP contribution in [-0.2, 0) is 11.8 Å². The van der Waals surface area contributed by atoms with E-state index in [9.17, 15) is 4.79 Å². The summed E-state index contributed by atoms with van der Waals surface area (Å²) in [4.78, 5) is 16.6. The molecule has 0 aromatic carbocycles. The van der Waals surface area contributed by atoms with Crippen LogP contribution in [0.3, 0.4) is 0 Å². The van der Waals surface area contributed by atoms with Gasteiger partial charge in [-0.15, -0.1) is 0 Å². The summed E-state index contributed by atoms with van der Waals surface area (Å²) in [5.41, 5.74) is 1.18. The van der Waals surface area contributed by atoms with Crippen LogP contribution < -0.4 is 5.32 Å². The van der Waals surface area contributed by atoms with Crippen molar-refractivity contribution < 1.29 is 9.53 Å². The molecule has 2 amide bonds. The van der Waals surface area contributed by atoms with E-state index >= 15 is 0 Å². The van der Waals surface area contributed by atoms with Crippen molar-refractivity contribution in [2.45, 2.75) is 37.8 Å². The number of nitrogens with one attached hydrogen (secondary N) is 1. The molecular formula is C18H29N5O2. The van der Waals surface area contributed by atoms with Crippen molar-refractivity contribution in [2.75, 3.05) is 39.3 Å². The molecule has 4 rings (SSSR count). The van der Waals surface area contributed by atoms with Crippen LogP contribution in [0, 0.1) is 5.92 Å². The summed E-state index contributed by atoms with van der Waals surface area (Å²) in [6.07, 6.45) is 6.36. The molecule has 0 unspecified atom stereocenters. The van der Waals surface area contributed by atoms with Gasteiger partial charge < -0.3 is 19.9 Å². The van der Waals surface area contributed by atoms with Gasteiger partial charge in [-0.2, -0.15) is 5.10 Å². The number of hydrogen-bond acceptors (Lipinski definition) is 4. The molecule has 1 aromatic heterocycles. The van der Waals surface area contributed by atoms with E-state index in [2.05, 4.69) is 26.3 Å². The van der Waals surface area contributed by atoms with Crippen molar-refractivity contribution >= 4 is 6.03 Å². The Hall–Kier alpha value is -1.60. The first-order valence-corrected chi connectivity index (χ1v) is 9.58. The first-order valence-electron chi connectivity index (χ1n) is 9.58. The lowest BCUT2D eigenvalue weighted by molar-refractivity contribution is 0.0605. The van der Waals surface area contributed by atoms with E-state index < -0.39 is 0 Å². The third kappa shape index (κ3) is 3.53. The number of aryl methyl sites for hydroxylation is 1. The van der Waals surface area contributed by atoms with Crippen LogP contribution in [-0.4, -0.2) is 71.0 Å². The number of hydrogen-bond donors (Lipinski definition) is 1. The van der Waals surface area contributed by atoms with Gasteiger partial charge >= 0.3 is 6.03 Å². The second kappa shape index (κ2) is 7.33. The molecule has 0 aliphatic carbocycles. The lowest BCUT2D eigenvalue weighted by Crippen LogP contribution is -2.54. The molecular weight excluding hydrogens is 318 g/mol. The zero-order valence-corrected chi connectivity index (χ0v) is 15.1. The predicted octanol–water partition coefficient (Wildman–Crippen LogP) is 1.38. The van der Waals surface area contributed by atoms with Crippen molar-refractivity contribution in [1.82, 2.24) is 24.9 Å². The van der Waals surface area contributed by atoms with Gasteiger partial charge in [0, 0.05) is 64.5 Å². The largest absolute Gasteiger partial charge is 0.372 e. The van der Waals surface area contributed by atoms with Gasteiger partial charge in [0.15, 0.2) is 0 Å². The van der Waals surface area contributed by atoms with Crippen molar-refractivity contribution in [3.63, 3.8) is 0 Å². The molecule has 7 heteroatoms. The van der Waals surface area contributed by atoms with E-state index in [1.807, 2.05) is 17.9 Å². The minimum atomic E-state index is 0.130. The summed E-state index contributed by atoms with van der Waals surface area (Å²) >= 11 is 0. The fourth-order valence-corrected chi connectivity index (χ4v) is 4.55. The summed E-state index contributed by atoms with van der Waals surface area (Å²) in [6.45, 7) is 5.80. The Kier molecular flexibility index (Phi) is 4.94. The highest BCUT2D eigenvalue weighted by Crippen LogP contribution is 2.35. The molecule has 138 valence electrons. The van der Waals surface area contributed by atoms with Crippen LogP contribution in [0.1, 0.15) is 37.5 Å². The molecule has 3 saturated heterocycles. The molecule has 7 nitrogen and oxygen atoms in total. The number of amides is 2. The van der Waals surface area contributed by atoms with Crippen LogP contribution >= 0.6 is 0 Å². The van der Waals surface area contributed by atoms with Gasteiger partial charge in [0.25, 0.3) is 0 Å². The third-order valence-corrected chi connectivity index (χ3v) is 5.97. The Morgan fingerprint density at radius 3 is 2.84 bits per heavy atom. The standard InChI is InChI=1S/C18H29N5O2/c1-21-16(3-8-20-21)17-14(6-12-25-17)13-22-10-4-15(5-11-22)23-9-2-7-19-18(23)24/h3,8,14-15,17H,2,4-7,9-13H2,1H3,(H,19,24)/t14-,17+/m0/s1.